The van der Waals surface area contributed by atoms with E-state index in [2.05, 4.69) is 15.6 Å². The van der Waals surface area contributed by atoms with Crippen LogP contribution in [-0.2, 0) is 0 Å². The summed E-state index contributed by atoms with van der Waals surface area (Å²) in [5.74, 6) is 0.140. The Morgan fingerprint density at radius 1 is 1.04 bits per heavy atom. The van der Waals surface area contributed by atoms with E-state index >= 15 is 0 Å². The first-order chi connectivity index (χ1) is 12.2. The molecular weight excluding hydrogens is 318 g/mol. The highest BCUT2D eigenvalue weighted by molar-refractivity contribution is 6.09. The van der Waals surface area contributed by atoms with Crippen molar-refractivity contribution in [1.29, 1.82) is 0 Å². The number of nitrogens with zero attached hydrogens (tertiary/aromatic N) is 1. The van der Waals surface area contributed by atoms with Crippen LogP contribution in [0.1, 0.15) is 20.7 Å². The molecule has 2 heterocycles. The van der Waals surface area contributed by atoms with Crippen molar-refractivity contribution in [3.63, 3.8) is 0 Å². The van der Waals surface area contributed by atoms with Crippen molar-refractivity contribution in [3.8, 4) is 11.6 Å². The number of hydrogen-bond acceptors (Lipinski definition) is 4. The zero-order valence-electron chi connectivity index (χ0n) is 13.0. The molecule has 25 heavy (non-hydrogen) atoms. The number of benzene rings is 2. The van der Waals surface area contributed by atoms with Crippen LogP contribution < -0.4 is 15.4 Å². The lowest BCUT2D eigenvalue weighted by Crippen LogP contribution is -2.14. The lowest BCUT2D eigenvalue weighted by Gasteiger charge is -2.09. The fraction of sp³-hybridized carbons (Fsp3) is 0. The second-order valence-electron chi connectivity index (χ2n) is 5.44. The minimum absolute atomic E-state index is 0.250. The SMILES string of the molecule is O=C(Nc1ccc2c(c1)C(=O)Nc1cccnc1O2)c1ccccc1. The van der Waals surface area contributed by atoms with Gasteiger partial charge in [0.05, 0.1) is 5.56 Å². The highest BCUT2D eigenvalue weighted by atomic mass is 16.5. The average molecular weight is 331 g/mol. The van der Waals surface area contributed by atoms with Crippen LogP contribution in [0.2, 0.25) is 0 Å². The molecule has 0 radical (unpaired) electrons. The number of fused-ring (bicyclic) bond motifs is 2. The molecule has 0 bridgehead atoms. The van der Waals surface area contributed by atoms with Crippen LogP contribution in [-0.4, -0.2) is 16.8 Å². The summed E-state index contributed by atoms with van der Waals surface area (Å²) in [6.07, 6.45) is 1.59. The van der Waals surface area contributed by atoms with E-state index in [0.717, 1.165) is 0 Å². The van der Waals surface area contributed by atoms with Gasteiger partial charge in [0.25, 0.3) is 11.8 Å². The third kappa shape index (κ3) is 2.92. The summed E-state index contributed by atoms with van der Waals surface area (Å²) in [7, 11) is 0. The summed E-state index contributed by atoms with van der Waals surface area (Å²) in [5, 5.41) is 5.53. The van der Waals surface area contributed by atoms with Crippen LogP contribution in [0.4, 0.5) is 11.4 Å². The second-order valence-corrected chi connectivity index (χ2v) is 5.44. The molecule has 2 amide bonds. The van der Waals surface area contributed by atoms with Gasteiger partial charge in [0, 0.05) is 17.4 Å². The minimum Gasteiger partial charge on any atom is -0.436 e. The summed E-state index contributed by atoms with van der Waals surface area (Å²) in [4.78, 5) is 28.8. The lowest BCUT2D eigenvalue weighted by molar-refractivity contribution is 0.101. The van der Waals surface area contributed by atoms with E-state index in [-0.39, 0.29) is 11.8 Å². The molecule has 3 aromatic rings. The van der Waals surface area contributed by atoms with E-state index in [4.69, 9.17) is 4.74 Å². The van der Waals surface area contributed by atoms with Crippen LogP contribution in [0.25, 0.3) is 0 Å². The van der Waals surface area contributed by atoms with E-state index in [0.29, 0.717) is 34.1 Å². The minimum atomic E-state index is -0.322. The Bertz CT molecular complexity index is 971. The zero-order chi connectivity index (χ0) is 17.2. The van der Waals surface area contributed by atoms with Crippen LogP contribution in [0, 0.1) is 0 Å². The third-order valence-electron chi connectivity index (χ3n) is 3.74. The van der Waals surface area contributed by atoms with Crippen molar-refractivity contribution in [2.24, 2.45) is 0 Å². The Labute approximate surface area is 143 Å². The summed E-state index contributed by atoms with van der Waals surface area (Å²) < 4.78 is 5.71. The number of aromatic nitrogens is 1. The molecule has 1 aliphatic rings. The maximum absolute atomic E-state index is 12.4. The maximum Gasteiger partial charge on any atom is 0.259 e. The number of pyridine rings is 1. The van der Waals surface area contributed by atoms with Gasteiger partial charge in [-0.05, 0) is 42.5 Å². The van der Waals surface area contributed by atoms with Crippen LogP contribution in [0.15, 0.2) is 66.9 Å². The van der Waals surface area contributed by atoms with Gasteiger partial charge in [0.1, 0.15) is 11.4 Å². The number of carbonyl (C=O) groups excluding carboxylic acids is 2. The molecule has 6 heteroatoms. The van der Waals surface area contributed by atoms with Gasteiger partial charge in [-0.25, -0.2) is 4.98 Å². The van der Waals surface area contributed by atoms with Gasteiger partial charge < -0.3 is 15.4 Å². The predicted molar refractivity (Wildman–Crippen MR) is 93.1 cm³/mol. The van der Waals surface area contributed by atoms with Gasteiger partial charge in [0.2, 0.25) is 5.88 Å². The Morgan fingerprint density at radius 2 is 1.88 bits per heavy atom. The van der Waals surface area contributed by atoms with Crippen molar-refractivity contribution in [3.05, 3.63) is 78.0 Å². The first kappa shape index (κ1) is 14.9. The molecule has 0 saturated heterocycles. The fourth-order valence-corrected chi connectivity index (χ4v) is 2.53. The largest absolute Gasteiger partial charge is 0.436 e. The summed E-state index contributed by atoms with van der Waals surface area (Å²) in [6.45, 7) is 0. The standard InChI is InChI=1S/C19H13N3O3/c23-17(12-5-2-1-3-6-12)21-13-8-9-16-14(11-13)18(24)22-15-7-4-10-20-19(15)25-16/h1-11H,(H,21,23)(H,22,24). The predicted octanol–water partition coefficient (Wildman–Crippen LogP) is 3.69. The van der Waals surface area contributed by atoms with E-state index in [1.807, 2.05) is 6.07 Å². The molecule has 122 valence electrons. The molecule has 1 aliphatic heterocycles. The van der Waals surface area contributed by atoms with Crippen molar-refractivity contribution in [2.45, 2.75) is 0 Å². The molecule has 2 N–H and O–H groups in total. The molecule has 0 saturated carbocycles. The number of amides is 2. The Balaban J connectivity index is 1.63. The highest BCUT2D eigenvalue weighted by Crippen LogP contribution is 2.34. The van der Waals surface area contributed by atoms with Crippen LogP contribution >= 0.6 is 0 Å². The molecule has 0 atom stereocenters. The lowest BCUT2D eigenvalue weighted by atomic mass is 10.1. The van der Waals surface area contributed by atoms with Gasteiger partial charge in [-0.3, -0.25) is 9.59 Å². The Hall–Kier alpha value is -3.67. The van der Waals surface area contributed by atoms with E-state index < -0.39 is 0 Å². The Morgan fingerprint density at radius 3 is 2.72 bits per heavy atom. The molecule has 4 rings (SSSR count). The first-order valence-corrected chi connectivity index (χ1v) is 7.65. The van der Waals surface area contributed by atoms with Crippen LogP contribution in [0.3, 0.4) is 0 Å². The summed E-state index contributed by atoms with van der Waals surface area (Å²) in [5.41, 5.74) is 1.86. The summed E-state index contributed by atoms with van der Waals surface area (Å²) >= 11 is 0. The zero-order valence-corrected chi connectivity index (χ0v) is 13.0. The smallest absolute Gasteiger partial charge is 0.259 e. The molecule has 1 aromatic heterocycles. The van der Waals surface area contributed by atoms with Crippen molar-refractivity contribution in [1.82, 2.24) is 4.98 Å². The van der Waals surface area contributed by atoms with E-state index in [1.165, 1.54) is 0 Å². The molecule has 0 unspecified atom stereocenters. The average Bonchev–Trinajstić information content (AvgIpc) is 2.78. The maximum atomic E-state index is 12.4. The van der Waals surface area contributed by atoms with E-state index in [1.54, 1.807) is 60.8 Å². The molecule has 6 nitrogen and oxygen atoms in total. The number of hydrogen-bond donors (Lipinski definition) is 2. The summed E-state index contributed by atoms with van der Waals surface area (Å²) in [6, 6.07) is 17.2. The highest BCUT2D eigenvalue weighted by Gasteiger charge is 2.22. The van der Waals surface area contributed by atoms with E-state index in [9.17, 15) is 9.59 Å². The number of ether oxygens (including phenoxy) is 1. The van der Waals surface area contributed by atoms with Crippen LogP contribution in [0.5, 0.6) is 11.6 Å². The third-order valence-corrected chi connectivity index (χ3v) is 3.74. The number of nitrogens with one attached hydrogen (secondary N) is 2. The molecule has 0 spiro atoms. The molecule has 2 aromatic carbocycles. The normalized spacial score (nSPS) is 12.1. The monoisotopic (exact) mass is 331 g/mol. The van der Waals surface area contributed by atoms with Crippen molar-refractivity contribution < 1.29 is 14.3 Å². The fourth-order valence-electron chi connectivity index (χ4n) is 2.53. The van der Waals surface area contributed by atoms with Crippen molar-refractivity contribution >= 4 is 23.2 Å². The number of rotatable bonds is 2. The van der Waals surface area contributed by atoms with Gasteiger partial charge in [-0.15, -0.1) is 0 Å². The molecule has 0 fully saturated rings. The molecular formula is C19H13N3O3. The first-order valence-electron chi connectivity index (χ1n) is 7.65. The number of carbonyl (C=O) groups is 2. The molecule has 0 aliphatic carbocycles. The van der Waals surface area contributed by atoms with Gasteiger partial charge >= 0.3 is 0 Å². The van der Waals surface area contributed by atoms with Crippen molar-refractivity contribution in [2.75, 3.05) is 10.6 Å². The topological polar surface area (TPSA) is 80.3 Å². The van der Waals surface area contributed by atoms with Gasteiger partial charge in [0.15, 0.2) is 0 Å². The van der Waals surface area contributed by atoms with Gasteiger partial charge in [-0.2, -0.15) is 0 Å². The van der Waals surface area contributed by atoms with Gasteiger partial charge in [-0.1, -0.05) is 18.2 Å². The Kier molecular flexibility index (Phi) is 3.63. The number of anilines is 2. The second kappa shape index (κ2) is 6.09. The quantitative estimate of drug-likeness (QED) is 0.750.